The molecule has 0 aromatic heterocycles. The van der Waals surface area contributed by atoms with Crippen LogP contribution in [0.2, 0.25) is 5.02 Å². The summed E-state index contributed by atoms with van der Waals surface area (Å²) in [6.07, 6.45) is 0. The smallest absolute Gasteiger partial charge is 0.264 e. The third-order valence-electron chi connectivity index (χ3n) is 4.56. The van der Waals surface area contributed by atoms with Crippen LogP contribution in [0.4, 0.5) is 5.69 Å². The third kappa shape index (κ3) is 4.60. The van der Waals surface area contributed by atoms with Crippen molar-refractivity contribution in [3.05, 3.63) is 95.0 Å². The van der Waals surface area contributed by atoms with Gasteiger partial charge in [-0.05, 0) is 42.0 Å². The standard InChI is InChI=1S/C22H21ClN2O3S/c1-24(16-17-12-14-18(23)15-13-17)22(26)20-10-6-7-11-21(20)25(2)29(27,28)19-8-4-3-5-9-19/h3-15H,16H2,1-2H3. The molecule has 0 unspecified atom stereocenters. The second-order valence-corrected chi connectivity index (χ2v) is 9.00. The fourth-order valence-corrected chi connectivity index (χ4v) is 4.31. The highest BCUT2D eigenvalue weighted by atomic mass is 35.5. The van der Waals surface area contributed by atoms with Crippen LogP contribution in [0.5, 0.6) is 0 Å². The molecule has 0 aliphatic rings. The summed E-state index contributed by atoms with van der Waals surface area (Å²) < 4.78 is 27.1. The molecular weight excluding hydrogens is 408 g/mol. The number of para-hydroxylation sites is 1. The van der Waals surface area contributed by atoms with E-state index in [1.165, 1.54) is 19.2 Å². The number of hydrogen-bond donors (Lipinski definition) is 0. The van der Waals surface area contributed by atoms with E-state index in [1.807, 2.05) is 12.1 Å². The number of halogens is 1. The zero-order chi connectivity index (χ0) is 21.0. The van der Waals surface area contributed by atoms with E-state index in [-0.39, 0.29) is 10.8 Å². The SMILES string of the molecule is CN(Cc1ccc(Cl)cc1)C(=O)c1ccccc1N(C)S(=O)(=O)c1ccccc1. The number of benzene rings is 3. The fourth-order valence-electron chi connectivity index (χ4n) is 2.95. The van der Waals surface area contributed by atoms with E-state index in [0.717, 1.165) is 9.87 Å². The average molecular weight is 429 g/mol. The number of amides is 1. The first-order chi connectivity index (χ1) is 13.8. The lowest BCUT2D eigenvalue weighted by Crippen LogP contribution is -2.31. The zero-order valence-corrected chi connectivity index (χ0v) is 17.7. The first-order valence-electron chi connectivity index (χ1n) is 8.93. The average Bonchev–Trinajstić information content (AvgIpc) is 2.74. The van der Waals surface area contributed by atoms with Gasteiger partial charge in [0.25, 0.3) is 15.9 Å². The van der Waals surface area contributed by atoms with Crippen molar-refractivity contribution in [3.8, 4) is 0 Å². The molecule has 1 amide bonds. The van der Waals surface area contributed by atoms with Gasteiger partial charge in [-0.25, -0.2) is 8.42 Å². The van der Waals surface area contributed by atoms with E-state index < -0.39 is 10.0 Å². The summed E-state index contributed by atoms with van der Waals surface area (Å²) in [5, 5.41) is 0.626. The molecule has 150 valence electrons. The molecule has 0 radical (unpaired) electrons. The number of rotatable bonds is 6. The number of anilines is 1. The molecule has 0 bridgehead atoms. The summed E-state index contributed by atoms with van der Waals surface area (Å²) >= 11 is 5.91. The molecule has 29 heavy (non-hydrogen) atoms. The molecule has 0 heterocycles. The second kappa shape index (κ2) is 8.68. The summed E-state index contributed by atoms with van der Waals surface area (Å²) in [6, 6.07) is 22.1. The summed E-state index contributed by atoms with van der Waals surface area (Å²) in [5.41, 5.74) is 1.56. The Morgan fingerprint density at radius 1 is 0.862 bits per heavy atom. The van der Waals surface area contributed by atoms with Gasteiger partial charge in [0.2, 0.25) is 0 Å². The topological polar surface area (TPSA) is 57.7 Å². The van der Waals surface area contributed by atoms with E-state index >= 15 is 0 Å². The highest BCUT2D eigenvalue weighted by Gasteiger charge is 2.26. The quantitative estimate of drug-likeness (QED) is 0.583. The molecule has 0 aliphatic heterocycles. The van der Waals surface area contributed by atoms with Gasteiger partial charge < -0.3 is 4.90 Å². The minimum Gasteiger partial charge on any atom is -0.337 e. The zero-order valence-electron chi connectivity index (χ0n) is 16.1. The van der Waals surface area contributed by atoms with Crippen LogP contribution in [0.25, 0.3) is 0 Å². The van der Waals surface area contributed by atoms with Gasteiger partial charge in [0.15, 0.2) is 0 Å². The Labute approximate surface area is 176 Å². The lowest BCUT2D eigenvalue weighted by molar-refractivity contribution is 0.0786. The van der Waals surface area contributed by atoms with Crippen molar-refractivity contribution in [3.63, 3.8) is 0 Å². The normalized spacial score (nSPS) is 11.1. The van der Waals surface area contributed by atoms with Gasteiger partial charge >= 0.3 is 0 Å². The Morgan fingerprint density at radius 3 is 2.10 bits per heavy atom. The van der Waals surface area contributed by atoms with E-state index in [4.69, 9.17) is 11.6 Å². The predicted octanol–water partition coefficient (Wildman–Crippen LogP) is 4.44. The Kier molecular flexibility index (Phi) is 6.25. The minimum atomic E-state index is -3.79. The van der Waals surface area contributed by atoms with Crippen LogP contribution >= 0.6 is 11.6 Å². The molecular formula is C22H21ClN2O3S. The molecule has 0 aliphatic carbocycles. The Morgan fingerprint density at radius 2 is 1.45 bits per heavy atom. The van der Waals surface area contributed by atoms with Crippen LogP contribution in [0.15, 0.2) is 83.8 Å². The Balaban J connectivity index is 1.90. The Bertz CT molecular complexity index is 1100. The maximum Gasteiger partial charge on any atom is 0.264 e. The number of hydrogen-bond acceptors (Lipinski definition) is 3. The van der Waals surface area contributed by atoms with E-state index in [1.54, 1.807) is 66.5 Å². The monoisotopic (exact) mass is 428 g/mol. The summed E-state index contributed by atoms with van der Waals surface area (Å²) in [4.78, 5) is 14.8. The highest BCUT2D eigenvalue weighted by Crippen LogP contribution is 2.27. The van der Waals surface area contributed by atoms with Crippen molar-refractivity contribution in [2.45, 2.75) is 11.4 Å². The van der Waals surface area contributed by atoms with Crippen LogP contribution in [0.3, 0.4) is 0 Å². The molecule has 3 aromatic rings. The van der Waals surface area contributed by atoms with E-state index in [0.29, 0.717) is 22.8 Å². The van der Waals surface area contributed by atoms with Crippen molar-refractivity contribution in [2.24, 2.45) is 0 Å². The summed E-state index contributed by atoms with van der Waals surface area (Å²) in [5.74, 6) is -0.273. The summed E-state index contributed by atoms with van der Waals surface area (Å²) in [7, 11) is -0.657. The molecule has 0 atom stereocenters. The lowest BCUT2D eigenvalue weighted by atomic mass is 10.1. The lowest BCUT2D eigenvalue weighted by Gasteiger charge is -2.24. The molecule has 3 rings (SSSR count). The van der Waals surface area contributed by atoms with Crippen LogP contribution in [-0.4, -0.2) is 33.3 Å². The van der Waals surface area contributed by atoms with Gasteiger partial charge in [-0.1, -0.05) is 54.1 Å². The molecule has 7 heteroatoms. The van der Waals surface area contributed by atoms with E-state index in [2.05, 4.69) is 0 Å². The van der Waals surface area contributed by atoms with Gasteiger partial charge in [-0.15, -0.1) is 0 Å². The maximum absolute atomic E-state index is 13.1. The van der Waals surface area contributed by atoms with Gasteiger partial charge in [0.05, 0.1) is 16.1 Å². The fraction of sp³-hybridized carbons (Fsp3) is 0.136. The molecule has 5 nitrogen and oxygen atoms in total. The van der Waals surface area contributed by atoms with Gasteiger partial charge in [0.1, 0.15) is 0 Å². The van der Waals surface area contributed by atoms with Crippen molar-refractivity contribution in [2.75, 3.05) is 18.4 Å². The third-order valence-corrected chi connectivity index (χ3v) is 6.59. The molecule has 0 saturated carbocycles. The van der Waals surface area contributed by atoms with Crippen LogP contribution in [-0.2, 0) is 16.6 Å². The van der Waals surface area contributed by atoms with Crippen molar-refractivity contribution in [1.82, 2.24) is 4.90 Å². The second-order valence-electron chi connectivity index (χ2n) is 6.59. The maximum atomic E-state index is 13.1. The van der Waals surface area contributed by atoms with Crippen LogP contribution in [0, 0.1) is 0 Å². The molecule has 0 spiro atoms. The van der Waals surface area contributed by atoms with Crippen molar-refractivity contribution < 1.29 is 13.2 Å². The first kappa shape index (κ1) is 20.9. The first-order valence-corrected chi connectivity index (χ1v) is 10.8. The van der Waals surface area contributed by atoms with Crippen molar-refractivity contribution >= 4 is 33.2 Å². The summed E-state index contributed by atoms with van der Waals surface area (Å²) in [6.45, 7) is 0.374. The number of sulfonamides is 1. The highest BCUT2D eigenvalue weighted by molar-refractivity contribution is 7.92. The minimum absolute atomic E-state index is 0.166. The molecule has 3 aromatic carbocycles. The van der Waals surface area contributed by atoms with Gasteiger partial charge in [-0.3, -0.25) is 9.10 Å². The van der Waals surface area contributed by atoms with Gasteiger partial charge in [-0.2, -0.15) is 0 Å². The van der Waals surface area contributed by atoms with Crippen LogP contribution < -0.4 is 4.31 Å². The van der Waals surface area contributed by atoms with Crippen molar-refractivity contribution in [1.29, 1.82) is 0 Å². The molecule has 0 fully saturated rings. The number of carbonyl (C=O) groups is 1. The van der Waals surface area contributed by atoms with Gasteiger partial charge in [0, 0.05) is 25.7 Å². The van der Waals surface area contributed by atoms with E-state index in [9.17, 15) is 13.2 Å². The largest absolute Gasteiger partial charge is 0.337 e. The number of carbonyl (C=O) groups excluding carboxylic acids is 1. The predicted molar refractivity (Wildman–Crippen MR) is 116 cm³/mol. The molecule has 0 N–H and O–H groups in total. The molecule has 0 saturated heterocycles. The Hall–Kier alpha value is -2.83. The van der Waals surface area contributed by atoms with Crippen LogP contribution in [0.1, 0.15) is 15.9 Å². The number of nitrogens with zero attached hydrogens (tertiary/aromatic N) is 2.